The van der Waals surface area contributed by atoms with E-state index < -0.39 is 0 Å². The van der Waals surface area contributed by atoms with Crippen LogP contribution in [0.5, 0.6) is 0 Å². The van der Waals surface area contributed by atoms with Gasteiger partial charge in [-0.15, -0.1) is 0 Å². The first-order valence-electron chi connectivity index (χ1n) is 11.3. The van der Waals surface area contributed by atoms with E-state index in [1.165, 1.54) is 0 Å². The largest absolute Gasteiger partial charge is 0.409 e. The van der Waals surface area contributed by atoms with Crippen LogP contribution in [0.25, 0.3) is 0 Å². The molecule has 0 fully saturated rings. The van der Waals surface area contributed by atoms with Crippen molar-refractivity contribution in [2.45, 2.75) is 55.4 Å². The molecule has 0 aromatic carbocycles. The van der Waals surface area contributed by atoms with Crippen LogP contribution in [0.3, 0.4) is 0 Å². The standard InChI is InChI=1S/2C10H22N4O2.Ni/c2*1-5-13(6-2)9(11-15)10(12-16)14(7-3)8-4;/h2*15-16H,5-8H2,1-4H3;/b2*11-9-,12-10-;. The van der Waals surface area contributed by atoms with Crippen LogP contribution in [0.1, 0.15) is 55.4 Å². The van der Waals surface area contributed by atoms with Crippen LogP contribution in [0.2, 0.25) is 0 Å². The van der Waals surface area contributed by atoms with Crippen LogP contribution in [-0.2, 0) is 16.5 Å². The van der Waals surface area contributed by atoms with Crippen LogP contribution in [-0.4, -0.2) is 116 Å². The number of hydrogen-bond acceptors (Lipinski definition) is 8. The molecule has 0 saturated heterocycles. The second kappa shape index (κ2) is 21.4. The molecule has 0 aliphatic heterocycles. The van der Waals surface area contributed by atoms with Crippen molar-refractivity contribution in [2.75, 3.05) is 52.4 Å². The van der Waals surface area contributed by atoms with E-state index in [-0.39, 0.29) is 16.5 Å². The molecule has 4 N–H and O–H groups in total. The summed E-state index contributed by atoms with van der Waals surface area (Å²) in [6, 6.07) is 0. The maximum Gasteiger partial charge on any atom is 0.214 e. The molecule has 0 aromatic rings. The first-order chi connectivity index (χ1) is 15.4. The average Bonchev–Trinajstić information content (AvgIpc) is 2.83. The Morgan fingerprint density at radius 1 is 0.394 bits per heavy atom. The molecule has 0 bridgehead atoms. The molecule has 0 aliphatic carbocycles. The maximum absolute atomic E-state index is 9.03. The number of rotatable bonds is 8. The van der Waals surface area contributed by atoms with Crippen molar-refractivity contribution >= 4 is 23.3 Å². The quantitative estimate of drug-likeness (QED) is 0.126. The summed E-state index contributed by atoms with van der Waals surface area (Å²) in [4.78, 5) is 7.31. The zero-order chi connectivity index (χ0) is 25.1. The smallest absolute Gasteiger partial charge is 0.214 e. The third-order valence-electron chi connectivity index (χ3n) is 5.03. The summed E-state index contributed by atoms with van der Waals surface area (Å²) in [5.41, 5.74) is 0. The molecule has 0 aliphatic rings. The van der Waals surface area contributed by atoms with E-state index >= 15 is 0 Å². The Morgan fingerprint density at radius 2 is 0.515 bits per heavy atom. The van der Waals surface area contributed by atoms with Gasteiger partial charge < -0.3 is 40.4 Å². The van der Waals surface area contributed by atoms with E-state index in [1.807, 2.05) is 75.0 Å². The third-order valence-corrected chi connectivity index (χ3v) is 5.03. The summed E-state index contributed by atoms with van der Waals surface area (Å²) >= 11 is 0. The number of oxime groups is 4. The summed E-state index contributed by atoms with van der Waals surface area (Å²) in [5, 5.41) is 49.0. The Morgan fingerprint density at radius 3 is 0.576 bits per heavy atom. The minimum absolute atomic E-state index is 0. The molecule has 0 heterocycles. The molecule has 198 valence electrons. The zero-order valence-electron chi connectivity index (χ0n) is 21.3. The summed E-state index contributed by atoms with van der Waals surface area (Å²) in [5.74, 6) is 1.21. The minimum Gasteiger partial charge on any atom is -0.409 e. The molecule has 13 heteroatoms. The van der Waals surface area contributed by atoms with Crippen molar-refractivity contribution in [1.82, 2.24) is 19.6 Å². The van der Waals surface area contributed by atoms with Crippen LogP contribution in [0.15, 0.2) is 20.6 Å². The van der Waals surface area contributed by atoms with Crippen LogP contribution in [0.4, 0.5) is 0 Å². The number of likely N-dealkylation sites (N-methyl/N-ethyl adjacent to an activating group) is 4. The fourth-order valence-corrected chi connectivity index (χ4v) is 3.09. The summed E-state index contributed by atoms with van der Waals surface area (Å²) in [6.07, 6.45) is 0. The van der Waals surface area contributed by atoms with Crippen LogP contribution in [0, 0.1) is 0 Å². The molecule has 0 radical (unpaired) electrons. The van der Waals surface area contributed by atoms with Crippen molar-refractivity contribution in [3.63, 3.8) is 0 Å². The second-order valence-corrected chi connectivity index (χ2v) is 6.38. The van der Waals surface area contributed by atoms with Crippen molar-refractivity contribution < 1.29 is 37.3 Å². The molecule has 12 nitrogen and oxygen atoms in total. The van der Waals surface area contributed by atoms with Gasteiger partial charge in [-0.2, -0.15) is 0 Å². The Labute approximate surface area is 208 Å². The van der Waals surface area contributed by atoms with E-state index in [9.17, 15) is 0 Å². The van der Waals surface area contributed by atoms with E-state index in [2.05, 4.69) is 20.6 Å². The monoisotopic (exact) mass is 518 g/mol. The molecule has 0 aromatic heterocycles. The van der Waals surface area contributed by atoms with Crippen LogP contribution >= 0.6 is 0 Å². The van der Waals surface area contributed by atoms with E-state index in [0.717, 1.165) is 0 Å². The fourth-order valence-electron chi connectivity index (χ4n) is 3.09. The minimum atomic E-state index is 0. The molecule has 0 amide bonds. The van der Waals surface area contributed by atoms with Crippen molar-refractivity contribution in [3.05, 3.63) is 0 Å². The molecule has 0 unspecified atom stereocenters. The molecule has 0 rings (SSSR count). The number of hydrogen-bond donors (Lipinski definition) is 4. The van der Waals surface area contributed by atoms with Crippen molar-refractivity contribution in [3.8, 4) is 0 Å². The van der Waals surface area contributed by atoms with Crippen molar-refractivity contribution in [2.24, 2.45) is 20.6 Å². The summed E-state index contributed by atoms with van der Waals surface area (Å²) < 4.78 is 0. The number of nitrogens with zero attached hydrogens (tertiary/aromatic N) is 8. The molecule has 0 atom stereocenters. The van der Waals surface area contributed by atoms with Gasteiger partial charge in [0.1, 0.15) is 0 Å². The SMILES string of the molecule is CCN(CC)C(=N\O)/C(=N/O)N(CC)CC.CCN(CC)C(=N\O)/C(=N/O)N(CC)CC.[Ni]. The van der Waals surface area contributed by atoms with E-state index in [4.69, 9.17) is 20.8 Å². The first-order valence-corrected chi connectivity index (χ1v) is 11.3. The van der Waals surface area contributed by atoms with Crippen LogP contribution < -0.4 is 0 Å². The summed E-state index contributed by atoms with van der Waals surface area (Å²) in [7, 11) is 0. The predicted molar refractivity (Wildman–Crippen MR) is 129 cm³/mol. The van der Waals surface area contributed by atoms with Gasteiger partial charge in [0.25, 0.3) is 0 Å². The maximum atomic E-state index is 9.03. The molecule has 0 saturated carbocycles. The topological polar surface area (TPSA) is 143 Å². The second-order valence-electron chi connectivity index (χ2n) is 6.38. The molecular weight excluding hydrogens is 475 g/mol. The van der Waals surface area contributed by atoms with Gasteiger partial charge in [-0.25, -0.2) is 0 Å². The Bertz CT molecular complexity index is 497. The Balaban J connectivity index is -0.000000529. The Kier molecular flexibility index (Phi) is 22.8. The van der Waals surface area contributed by atoms with Gasteiger partial charge >= 0.3 is 0 Å². The van der Waals surface area contributed by atoms with Crippen molar-refractivity contribution in [1.29, 1.82) is 0 Å². The van der Waals surface area contributed by atoms with Gasteiger partial charge in [0.2, 0.25) is 23.3 Å². The fraction of sp³-hybridized carbons (Fsp3) is 0.800. The van der Waals surface area contributed by atoms with Gasteiger partial charge in [0.05, 0.1) is 0 Å². The van der Waals surface area contributed by atoms with Gasteiger partial charge in [0.15, 0.2) is 0 Å². The zero-order valence-corrected chi connectivity index (χ0v) is 22.3. The summed E-state index contributed by atoms with van der Waals surface area (Å²) in [6.45, 7) is 21.1. The molecule has 0 spiro atoms. The number of amidine groups is 4. The van der Waals surface area contributed by atoms with E-state index in [0.29, 0.717) is 75.7 Å². The Hall–Kier alpha value is -2.43. The van der Waals surface area contributed by atoms with Gasteiger partial charge in [-0.05, 0) is 55.4 Å². The van der Waals surface area contributed by atoms with Gasteiger partial charge in [-0.1, -0.05) is 20.6 Å². The third kappa shape index (κ3) is 10.8. The van der Waals surface area contributed by atoms with Gasteiger partial charge in [-0.3, -0.25) is 0 Å². The van der Waals surface area contributed by atoms with E-state index in [1.54, 1.807) is 0 Å². The predicted octanol–water partition coefficient (Wildman–Crippen LogP) is 2.49. The molecule has 33 heavy (non-hydrogen) atoms. The average molecular weight is 519 g/mol. The first kappa shape index (κ1) is 35.2. The van der Waals surface area contributed by atoms with Gasteiger partial charge in [0, 0.05) is 68.8 Å². The normalized spacial score (nSPS) is 12.4. The molecular formula is C20H44N8NiO4.